The molecule has 6 heteroatoms. The summed E-state index contributed by atoms with van der Waals surface area (Å²) in [6.45, 7) is 5.31. The molecule has 118 valence electrons. The Morgan fingerprint density at radius 2 is 2.00 bits per heavy atom. The van der Waals surface area contributed by atoms with Crippen LogP contribution >= 0.6 is 15.9 Å². The van der Waals surface area contributed by atoms with Crippen molar-refractivity contribution in [2.75, 3.05) is 6.61 Å². The number of hydrogen-bond donors (Lipinski definition) is 1. The number of aliphatic carboxylic acids is 1. The number of hydrogen-bond acceptors (Lipinski definition) is 2. The van der Waals surface area contributed by atoms with Gasteiger partial charge in [-0.3, -0.25) is 4.79 Å². The number of carboxylic acids is 1. The zero-order valence-electron chi connectivity index (χ0n) is 12.3. The van der Waals surface area contributed by atoms with Gasteiger partial charge in [0.15, 0.2) is 0 Å². The molecule has 0 radical (unpaired) electrons. The van der Waals surface area contributed by atoms with E-state index in [9.17, 15) is 13.6 Å². The van der Waals surface area contributed by atoms with Crippen LogP contribution in [0, 0.1) is 5.41 Å². The molecular formula is C15H19BrF2O3. The molecule has 0 atom stereocenters. The number of carbonyl (C=O) groups is 1. The number of ether oxygens (including phenoxy) is 1. The molecule has 0 aliphatic heterocycles. The predicted octanol–water partition coefficient (Wildman–Crippen LogP) is 4.83. The second kappa shape index (κ2) is 6.73. The van der Waals surface area contributed by atoms with E-state index in [2.05, 4.69) is 15.9 Å². The van der Waals surface area contributed by atoms with Gasteiger partial charge in [-0.05, 0) is 30.5 Å². The average molecular weight is 365 g/mol. The van der Waals surface area contributed by atoms with Crippen molar-refractivity contribution < 1.29 is 23.4 Å². The summed E-state index contributed by atoms with van der Waals surface area (Å²) in [5.41, 5.74) is -1.17. The van der Waals surface area contributed by atoms with Crippen LogP contribution < -0.4 is 4.74 Å². The van der Waals surface area contributed by atoms with Gasteiger partial charge in [0.25, 0.3) is 5.92 Å². The van der Waals surface area contributed by atoms with Crippen molar-refractivity contribution in [3.05, 3.63) is 28.2 Å². The minimum Gasteiger partial charge on any atom is -0.494 e. The largest absolute Gasteiger partial charge is 0.494 e. The van der Waals surface area contributed by atoms with Gasteiger partial charge in [-0.25, -0.2) is 8.78 Å². The van der Waals surface area contributed by atoms with E-state index in [4.69, 9.17) is 9.84 Å². The highest BCUT2D eigenvalue weighted by Crippen LogP contribution is 2.44. The Hall–Kier alpha value is -1.17. The van der Waals surface area contributed by atoms with Crippen LogP contribution in [0.2, 0.25) is 0 Å². The summed E-state index contributed by atoms with van der Waals surface area (Å²) in [6.07, 6.45) is -0.851. The van der Waals surface area contributed by atoms with Crippen LogP contribution in [-0.2, 0) is 10.7 Å². The van der Waals surface area contributed by atoms with Gasteiger partial charge < -0.3 is 9.84 Å². The Morgan fingerprint density at radius 3 is 2.48 bits per heavy atom. The maximum absolute atomic E-state index is 14.4. The fraction of sp³-hybridized carbons (Fsp3) is 0.533. The molecular weight excluding hydrogens is 346 g/mol. The van der Waals surface area contributed by atoms with Gasteiger partial charge in [-0.15, -0.1) is 0 Å². The van der Waals surface area contributed by atoms with E-state index in [0.717, 1.165) is 0 Å². The van der Waals surface area contributed by atoms with Gasteiger partial charge in [-0.2, -0.15) is 0 Å². The van der Waals surface area contributed by atoms with Crippen LogP contribution in [0.25, 0.3) is 0 Å². The first-order chi connectivity index (χ1) is 9.57. The Bertz CT molecular complexity index is 516. The zero-order chi connectivity index (χ0) is 16.3. The Labute approximate surface area is 131 Å². The van der Waals surface area contributed by atoms with Crippen molar-refractivity contribution >= 4 is 21.9 Å². The fourth-order valence-corrected chi connectivity index (χ4v) is 2.86. The number of benzene rings is 1. The lowest BCUT2D eigenvalue weighted by Crippen LogP contribution is -2.27. The van der Waals surface area contributed by atoms with E-state index < -0.39 is 23.7 Å². The molecule has 0 fully saturated rings. The van der Waals surface area contributed by atoms with E-state index >= 15 is 0 Å². The van der Waals surface area contributed by atoms with Crippen LogP contribution in [0.3, 0.4) is 0 Å². The molecule has 0 saturated heterocycles. The first-order valence-corrected chi connectivity index (χ1v) is 7.39. The lowest BCUT2D eigenvalue weighted by molar-refractivity contribution is -0.140. The highest BCUT2D eigenvalue weighted by atomic mass is 79.9. The summed E-state index contributed by atoms with van der Waals surface area (Å²) in [4.78, 5) is 10.8. The second-order valence-corrected chi connectivity index (χ2v) is 6.54. The quantitative estimate of drug-likeness (QED) is 0.753. The molecule has 1 aromatic rings. The summed E-state index contributed by atoms with van der Waals surface area (Å²) in [5, 5.41) is 8.80. The lowest BCUT2D eigenvalue weighted by atomic mass is 9.81. The molecule has 0 spiro atoms. The predicted molar refractivity (Wildman–Crippen MR) is 79.9 cm³/mol. The van der Waals surface area contributed by atoms with E-state index in [1.807, 2.05) is 6.92 Å². The number of carboxylic acid groups (broad SMARTS) is 1. The van der Waals surface area contributed by atoms with Crippen LogP contribution in [-0.4, -0.2) is 17.7 Å². The van der Waals surface area contributed by atoms with E-state index in [1.165, 1.54) is 32.0 Å². The molecule has 1 N–H and O–H groups in total. The van der Waals surface area contributed by atoms with Gasteiger partial charge in [0.2, 0.25) is 0 Å². The first kappa shape index (κ1) is 17.9. The first-order valence-electron chi connectivity index (χ1n) is 6.60. The Balaban J connectivity index is 2.99. The number of halogens is 3. The molecule has 1 rings (SSSR count). The maximum Gasteiger partial charge on any atom is 0.303 e. The fourth-order valence-electron chi connectivity index (χ4n) is 2.22. The van der Waals surface area contributed by atoms with Crippen LogP contribution in [0.1, 0.15) is 39.2 Å². The summed E-state index contributed by atoms with van der Waals surface area (Å²) >= 11 is 3.14. The van der Waals surface area contributed by atoms with E-state index in [-0.39, 0.29) is 16.5 Å². The molecule has 0 aliphatic rings. The minimum atomic E-state index is -3.12. The lowest BCUT2D eigenvalue weighted by Gasteiger charge is -2.29. The van der Waals surface area contributed by atoms with Crippen LogP contribution in [0.4, 0.5) is 8.78 Å². The summed E-state index contributed by atoms with van der Waals surface area (Å²) in [5.74, 6) is -3.70. The van der Waals surface area contributed by atoms with Crippen molar-refractivity contribution in [3.63, 3.8) is 0 Å². The van der Waals surface area contributed by atoms with E-state index in [1.54, 1.807) is 0 Å². The molecule has 0 saturated carbocycles. The zero-order valence-corrected chi connectivity index (χ0v) is 13.8. The summed E-state index contributed by atoms with van der Waals surface area (Å²) in [7, 11) is 0. The molecule has 0 bridgehead atoms. The molecule has 0 unspecified atom stereocenters. The van der Waals surface area contributed by atoms with Gasteiger partial charge in [0.05, 0.1) is 13.0 Å². The molecule has 1 aromatic carbocycles. The summed E-state index contributed by atoms with van der Waals surface area (Å²) < 4.78 is 34.3. The molecule has 0 aromatic heterocycles. The van der Waals surface area contributed by atoms with E-state index in [0.29, 0.717) is 12.4 Å². The van der Waals surface area contributed by atoms with Crippen LogP contribution in [0.15, 0.2) is 22.7 Å². The SMILES string of the molecule is CCOc1ccc(C(F)(F)CC(C)(C)CC(=O)O)c(Br)c1. The topological polar surface area (TPSA) is 46.5 Å². The smallest absolute Gasteiger partial charge is 0.303 e. The maximum atomic E-state index is 14.4. The highest BCUT2D eigenvalue weighted by molar-refractivity contribution is 9.10. The average Bonchev–Trinajstić information content (AvgIpc) is 2.25. The van der Waals surface area contributed by atoms with Crippen molar-refractivity contribution in [2.24, 2.45) is 5.41 Å². The third-order valence-corrected chi connectivity index (χ3v) is 3.63. The third kappa shape index (κ3) is 5.26. The Kier molecular flexibility index (Phi) is 5.73. The van der Waals surface area contributed by atoms with Crippen molar-refractivity contribution in [2.45, 2.75) is 39.5 Å². The molecule has 0 aliphatic carbocycles. The monoisotopic (exact) mass is 364 g/mol. The molecule has 0 heterocycles. The van der Waals surface area contributed by atoms with Crippen molar-refractivity contribution in [1.29, 1.82) is 0 Å². The number of alkyl halides is 2. The molecule has 21 heavy (non-hydrogen) atoms. The van der Waals surface area contributed by atoms with Gasteiger partial charge in [-0.1, -0.05) is 29.8 Å². The second-order valence-electron chi connectivity index (χ2n) is 5.69. The normalized spacial score (nSPS) is 12.3. The number of rotatable bonds is 7. The third-order valence-electron chi connectivity index (χ3n) is 2.98. The molecule has 3 nitrogen and oxygen atoms in total. The van der Waals surface area contributed by atoms with Crippen LogP contribution in [0.5, 0.6) is 5.75 Å². The Morgan fingerprint density at radius 1 is 1.38 bits per heavy atom. The standard InChI is InChI=1S/C15H19BrF2O3/c1-4-21-10-5-6-11(12(16)7-10)15(17,18)9-14(2,3)8-13(19)20/h5-7H,4,8-9H2,1-3H3,(H,19,20). The highest BCUT2D eigenvalue weighted by Gasteiger charge is 2.40. The van der Waals surface area contributed by atoms with Gasteiger partial charge >= 0.3 is 5.97 Å². The van der Waals surface area contributed by atoms with Crippen molar-refractivity contribution in [3.8, 4) is 5.75 Å². The molecule has 0 amide bonds. The van der Waals surface area contributed by atoms with Crippen molar-refractivity contribution in [1.82, 2.24) is 0 Å². The minimum absolute atomic E-state index is 0.163. The van der Waals surface area contributed by atoms with Gasteiger partial charge in [0.1, 0.15) is 5.75 Å². The summed E-state index contributed by atoms with van der Waals surface area (Å²) in [6, 6.07) is 4.30. The van der Waals surface area contributed by atoms with Gasteiger partial charge in [0, 0.05) is 16.5 Å².